The minimum atomic E-state index is -1.67. The van der Waals surface area contributed by atoms with Gasteiger partial charge in [0.2, 0.25) is 5.91 Å². The molecule has 1 rings (SSSR count). The van der Waals surface area contributed by atoms with Gasteiger partial charge in [-0.1, -0.05) is 191 Å². The molecule has 0 aromatic heterocycles. The summed E-state index contributed by atoms with van der Waals surface area (Å²) in [5, 5.41) is 75.9. The summed E-state index contributed by atoms with van der Waals surface area (Å²) in [7, 11) is 0. The second-order valence-corrected chi connectivity index (χ2v) is 18.9. The van der Waals surface area contributed by atoms with Crippen LogP contribution in [0.5, 0.6) is 0 Å². The lowest BCUT2D eigenvalue weighted by Crippen LogP contribution is -2.60. The maximum Gasteiger partial charge on any atom is 0.249 e. The third-order valence-corrected chi connectivity index (χ3v) is 12.8. The Hall–Kier alpha value is -1.93. The molecule has 386 valence electrons. The fourth-order valence-corrected chi connectivity index (χ4v) is 8.37. The number of aliphatic hydroxyl groups is 7. The number of carbonyl (C=O) groups excluding carboxylic acids is 1. The van der Waals surface area contributed by atoms with Gasteiger partial charge in [0.05, 0.1) is 25.4 Å². The molecule has 0 aliphatic carbocycles. The van der Waals surface area contributed by atoms with Gasteiger partial charge in [0.25, 0.3) is 0 Å². The normalized spacial score (nSPS) is 21.1. The molecule has 0 saturated carbocycles. The zero-order chi connectivity index (χ0) is 48.3. The van der Waals surface area contributed by atoms with Gasteiger partial charge in [-0.25, -0.2) is 0 Å². The van der Waals surface area contributed by atoms with Crippen molar-refractivity contribution in [1.29, 1.82) is 0 Å². The van der Waals surface area contributed by atoms with Crippen LogP contribution in [0.2, 0.25) is 0 Å². The standard InChI is InChI=1S/C55H101NO10/c1-3-5-7-9-11-13-15-17-19-20-21-22-23-24-25-26-27-29-31-33-35-37-39-41-43-48(59)54(64)56-46(45-65-55-53(63)52(62)51(61)49(44-57)66-55)50(60)47(58)42-40-38-36-34-32-30-28-18-16-14-12-10-8-6-4-2/h18,21-22,24-25,28,34,36,46-53,55,57-63H,3-17,19-20,23,26-27,29-33,35,37-45H2,1-2H3,(H,56,64)/b22-21-,25-24-,28-18+,36-34+. The van der Waals surface area contributed by atoms with Crippen LogP contribution in [0, 0.1) is 0 Å². The van der Waals surface area contributed by atoms with E-state index in [1.807, 2.05) is 0 Å². The van der Waals surface area contributed by atoms with Gasteiger partial charge in [0.1, 0.15) is 36.6 Å². The van der Waals surface area contributed by atoms with Crippen LogP contribution in [0.15, 0.2) is 48.6 Å². The fourth-order valence-electron chi connectivity index (χ4n) is 8.37. The fraction of sp³-hybridized carbons (Fsp3) is 0.836. The Morgan fingerprint density at radius 3 is 1.44 bits per heavy atom. The van der Waals surface area contributed by atoms with Crippen LogP contribution in [0.4, 0.5) is 0 Å². The summed E-state index contributed by atoms with van der Waals surface area (Å²) in [4.78, 5) is 13.1. The van der Waals surface area contributed by atoms with Gasteiger partial charge >= 0.3 is 0 Å². The van der Waals surface area contributed by atoms with Crippen molar-refractivity contribution >= 4 is 5.91 Å². The van der Waals surface area contributed by atoms with Crippen molar-refractivity contribution in [1.82, 2.24) is 5.32 Å². The number of allylic oxidation sites excluding steroid dienone is 8. The predicted octanol–water partition coefficient (Wildman–Crippen LogP) is 10.5. The van der Waals surface area contributed by atoms with Crippen LogP contribution >= 0.6 is 0 Å². The van der Waals surface area contributed by atoms with Crippen LogP contribution in [-0.4, -0.2) is 110 Å². The Morgan fingerprint density at radius 1 is 0.530 bits per heavy atom. The Labute approximate surface area is 402 Å². The van der Waals surface area contributed by atoms with E-state index in [-0.39, 0.29) is 12.8 Å². The smallest absolute Gasteiger partial charge is 0.249 e. The summed E-state index contributed by atoms with van der Waals surface area (Å²) in [6.45, 7) is 3.42. The summed E-state index contributed by atoms with van der Waals surface area (Å²) in [6, 6.07) is -1.19. The monoisotopic (exact) mass is 936 g/mol. The first kappa shape index (κ1) is 62.1. The van der Waals surface area contributed by atoms with E-state index >= 15 is 0 Å². The number of hydrogen-bond acceptors (Lipinski definition) is 10. The molecule has 0 aromatic rings. The molecule has 9 unspecified atom stereocenters. The first-order chi connectivity index (χ1) is 32.2. The van der Waals surface area contributed by atoms with E-state index in [4.69, 9.17) is 9.47 Å². The minimum Gasteiger partial charge on any atom is -0.394 e. The summed E-state index contributed by atoms with van der Waals surface area (Å²) < 4.78 is 11.1. The number of hydrogen-bond donors (Lipinski definition) is 8. The van der Waals surface area contributed by atoms with E-state index in [1.54, 1.807) is 0 Å². The van der Waals surface area contributed by atoms with Crippen molar-refractivity contribution in [2.75, 3.05) is 13.2 Å². The number of rotatable bonds is 45. The lowest BCUT2D eigenvalue weighted by Gasteiger charge is -2.40. The second kappa shape index (κ2) is 44.3. The van der Waals surface area contributed by atoms with Crippen LogP contribution in [0.1, 0.15) is 226 Å². The van der Waals surface area contributed by atoms with Crippen molar-refractivity contribution in [3.63, 3.8) is 0 Å². The summed E-state index contributed by atoms with van der Waals surface area (Å²) in [5.74, 6) is -0.716. The highest BCUT2D eigenvalue weighted by atomic mass is 16.7. The first-order valence-electron chi connectivity index (χ1n) is 27.0. The summed E-state index contributed by atoms with van der Waals surface area (Å²) in [5.41, 5.74) is 0. The lowest BCUT2D eigenvalue weighted by atomic mass is 9.98. The van der Waals surface area contributed by atoms with Crippen LogP contribution < -0.4 is 5.32 Å². The molecule has 0 aromatic carbocycles. The predicted molar refractivity (Wildman–Crippen MR) is 270 cm³/mol. The average molecular weight is 936 g/mol. The van der Waals surface area contributed by atoms with Gasteiger partial charge in [0.15, 0.2) is 6.29 Å². The molecule has 1 heterocycles. The van der Waals surface area contributed by atoms with Gasteiger partial charge in [-0.05, 0) is 83.5 Å². The molecule has 1 fully saturated rings. The number of nitrogens with one attached hydrogen (secondary N) is 1. The third kappa shape index (κ3) is 32.8. The Morgan fingerprint density at radius 2 is 0.955 bits per heavy atom. The Bertz CT molecular complexity index is 1210. The number of aliphatic hydroxyl groups excluding tert-OH is 7. The maximum atomic E-state index is 13.1. The molecule has 1 saturated heterocycles. The highest BCUT2D eigenvalue weighted by Gasteiger charge is 2.44. The molecule has 9 atom stereocenters. The number of ether oxygens (including phenoxy) is 2. The molecular formula is C55H101NO10. The van der Waals surface area contributed by atoms with Crippen molar-refractivity contribution in [3.05, 3.63) is 48.6 Å². The quantitative estimate of drug-likeness (QED) is 0.0216. The van der Waals surface area contributed by atoms with Gasteiger partial charge in [-0.3, -0.25) is 4.79 Å². The van der Waals surface area contributed by atoms with E-state index < -0.39 is 74.2 Å². The van der Waals surface area contributed by atoms with Crippen molar-refractivity contribution in [2.24, 2.45) is 0 Å². The topological polar surface area (TPSA) is 189 Å². The molecule has 0 radical (unpaired) electrons. The van der Waals surface area contributed by atoms with Gasteiger partial charge in [-0.15, -0.1) is 0 Å². The zero-order valence-corrected chi connectivity index (χ0v) is 41.9. The molecule has 1 amide bonds. The zero-order valence-electron chi connectivity index (χ0n) is 41.9. The molecule has 0 bridgehead atoms. The molecule has 11 nitrogen and oxygen atoms in total. The molecule has 11 heteroatoms. The van der Waals surface area contributed by atoms with E-state index in [9.17, 15) is 40.5 Å². The lowest BCUT2D eigenvalue weighted by molar-refractivity contribution is -0.303. The molecule has 1 aliphatic heterocycles. The molecule has 1 aliphatic rings. The number of amides is 1. The maximum absolute atomic E-state index is 13.1. The minimum absolute atomic E-state index is 0.243. The van der Waals surface area contributed by atoms with E-state index in [0.29, 0.717) is 19.3 Å². The largest absolute Gasteiger partial charge is 0.394 e. The van der Waals surface area contributed by atoms with Crippen LogP contribution in [0.25, 0.3) is 0 Å². The van der Waals surface area contributed by atoms with Gasteiger partial charge in [0, 0.05) is 0 Å². The third-order valence-electron chi connectivity index (χ3n) is 12.8. The highest BCUT2D eigenvalue weighted by Crippen LogP contribution is 2.23. The van der Waals surface area contributed by atoms with Crippen molar-refractivity contribution in [3.8, 4) is 0 Å². The van der Waals surface area contributed by atoms with Gasteiger partial charge in [-0.2, -0.15) is 0 Å². The van der Waals surface area contributed by atoms with Crippen LogP contribution in [0.3, 0.4) is 0 Å². The van der Waals surface area contributed by atoms with Gasteiger partial charge < -0.3 is 50.5 Å². The molecule has 8 N–H and O–H groups in total. The molecule has 66 heavy (non-hydrogen) atoms. The Kier molecular flexibility index (Phi) is 41.7. The SMILES string of the molecule is CCCCCCCC/C=C/CC/C=C/CCCC(O)C(O)C(COC1OC(CO)C(O)C(O)C1O)NC(=O)C(O)CCCCCCCCCC/C=C\C/C=C\CCCCCCCCCCC. The van der Waals surface area contributed by atoms with E-state index in [1.165, 1.54) is 122 Å². The van der Waals surface area contributed by atoms with E-state index in [2.05, 4.69) is 67.8 Å². The van der Waals surface area contributed by atoms with Crippen molar-refractivity contribution in [2.45, 2.75) is 281 Å². The Balaban J connectivity index is 2.37. The van der Waals surface area contributed by atoms with Crippen LogP contribution in [-0.2, 0) is 14.3 Å². The summed E-state index contributed by atoms with van der Waals surface area (Å²) in [6.07, 6.45) is 43.0. The van der Waals surface area contributed by atoms with Crippen molar-refractivity contribution < 1.29 is 50.0 Å². The molecule has 0 spiro atoms. The van der Waals surface area contributed by atoms with E-state index in [0.717, 1.165) is 57.8 Å². The average Bonchev–Trinajstić information content (AvgIpc) is 3.32. The highest BCUT2D eigenvalue weighted by molar-refractivity contribution is 5.80. The number of unbranched alkanes of at least 4 members (excludes halogenated alkanes) is 25. The summed E-state index contributed by atoms with van der Waals surface area (Å²) >= 11 is 0. The second-order valence-electron chi connectivity index (χ2n) is 18.9. The molecular weight excluding hydrogens is 835 g/mol. The number of carbonyl (C=O) groups is 1. The first-order valence-corrected chi connectivity index (χ1v) is 27.0.